The van der Waals surface area contributed by atoms with Crippen molar-refractivity contribution in [3.05, 3.63) is 83.4 Å². The number of anilines is 1. The van der Waals surface area contributed by atoms with Crippen molar-refractivity contribution in [2.45, 2.75) is 0 Å². The second-order valence-electron chi connectivity index (χ2n) is 6.74. The van der Waals surface area contributed by atoms with Gasteiger partial charge in [-0.05, 0) is 35.9 Å². The zero-order valence-corrected chi connectivity index (χ0v) is 16.2. The van der Waals surface area contributed by atoms with E-state index in [-0.39, 0.29) is 12.5 Å². The van der Waals surface area contributed by atoms with Crippen LogP contribution in [-0.2, 0) is 4.79 Å². The van der Waals surface area contributed by atoms with Crippen LogP contribution in [0.25, 0.3) is 11.1 Å². The first kappa shape index (κ1) is 18.5. The lowest BCUT2D eigenvalue weighted by atomic mass is 9.94. The lowest BCUT2D eigenvalue weighted by molar-refractivity contribution is -0.116. The van der Waals surface area contributed by atoms with Crippen molar-refractivity contribution in [3.8, 4) is 22.9 Å². The number of carbonyl (C=O) groups excluding carboxylic acids is 1. The molecule has 0 aromatic heterocycles. The molecule has 142 valence electrons. The molecular weight excluding hydrogens is 362 g/mol. The number of hydrogen-bond donors (Lipinski definition) is 0. The summed E-state index contributed by atoms with van der Waals surface area (Å²) in [6, 6.07) is 23.2. The molecule has 0 fully saturated rings. The summed E-state index contributed by atoms with van der Waals surface area (Å²) in [6.45, 7) is 0.0568. The van der Waals surface area contributed by atoms with E-state index < -0.39 is 0 Å². The van der Waals surface area contributed by atoms with Gasteiger partial charge in [0.05, 0.1) is 30.1 Å². The summed E-state index contributed by atoms with van der Waals surface area (Å²) in [5, 5.41) is 9.28. The minimum Gasteiger partial charge on any atom is -0.496 e. The third-order valence-electron chi connectivity index (χ3n) is 5.04. The van der Waals surface area contributed by atoms with Crippen molar-refractivity contribution in [1.29, 1.82) is 5.26 Å². The summed E-state index contributed by atoms with van der Waals surface area (Å²) in [4.78, 5) is 18.7. The van der Waals surface area contributed by atoms with Crippen LogP contribution in [0.15, 0.2) is 71.7 Å². The van der Waals surface area contributed by atoms with Gasteiger partial charge < -0.3 is 9.64 Å². The van der Waals surface area contributed by atoms with Crippen molar-refractivity contribution in [2.24, 2.45) is 4.99 Å². The quantitative estimate of drug-likeness (QED) is 0.687. The zero-order valence-electron chi connectivity index (χ0n) is 16.2. The van der Waals surface area contributed by atoms with Gasteiger partial charge in [-0.3, -0.25) is 9.79 Å². The number of benzene rings is 3. The summed E-state index contributed by atoms with van der Waals surface area (Å²) in [7, 11) is 3.41. The van der Waals surface area contributed by atoms with E-state index in [9.17, 15) is 10.1 Å². The first-order valence-electron chi connectivity index (χ1n) is 9.21. The number of carbonyl (C=O) groups is 1. The fraction of sp³-hybridized carbons (Fsp3) is 0.125. The number of benzodiazepines with no additional fused rings is 1. The lowest BCUT2D eigenvalue weighted by Gasteiger charge is -2.19. The minimum absolute atomic E-state index is 0.0568. The first-order chi connectivity index (χ1) is 14.1. The second kappa shape index (κ2) is 7.61. The Morgan fingerprint density at radius 1 is 1.00 bits per heavy atom. The topological polar surface area (TPSA) is 65.7 Å². The molecule has 0 atom stereocenters. The summed E-state index contributed by atoms with van der Waals surface area (Å²) in [5.74, 6) is 0.693. The number of methoxy groups -OCH3 is 1. The van der Waals surface area contributed by atoms with Gasteiger partial charge in [-0.25, -0.2) is 0 Å². The summed E-state index contributed by atoms with van der Waals surface area (Å²) in [6.07, 6.45) is 0. The van der Waals surface area contributed by atoms with Gasteiger partial charge in [0.15, 0.2) is 0 Å². The van der Waals surface area contributed by atoms with Gasteiger partial charge in [-0.2, -0.15) is 5.26 Å². The number of rotatable bonds is 3. The van der Waals surface area contributed by atoms with Crippen LogP contribution in [0.3, 0.4) is 0 Å². The predicted molar refractivity (Wildman–Crippen MR) is 114 cm³/mol. The second-order valence-corrected chi connectivity index (χ2v) is 6.74. The van der Waals surface area contributed by atoms with E-state index in [0.717, 1.165) is 33.7 Å². The largest absolute Gasteiger partial charge is 0.496 e. The van der Waals surface area contributed by atoms with Crippen LogP contribution >= 0.6 is 0 Å². The number of ether oxygens (including phenoxy) is 1. The molecule has 3 aromatic carbocycles. The fourth-order valence-electron chi connectivity index (χ4n) is 3.52. The Morgan fingerprint density at radius 3 is 2.62 bits per heavy atom. The maximum atomic E-state index is 12.5. The summed E-state index contributed by atoms with van der Waals surface area (Å²) in [5.41, 5.74) is 5.62. The fourth-order valence-corrected chi connectivity index (χ4v) is 3.52. The highest BCUT2D eigenvalue weighted by molar-refractivity contribution is 6.20. The van der Waals surface area contributed by atoms with Crippen LogP contribution in [0.2, 0.25) is 0 Å². The molecule has 5 nitrogen and oxygen atoms in total. The number of hydrogen-bond acceptors (Lipinski definition) is 4. The number of amides is 1. The SMILES string of the molecule is COc1ccccc1-c1ccc2c(c1)C(c1cccc(C#N)c1)=NCC(=O)N2C. The lowest BCUT2D eigenvalue weighted by Crippen LogP contribution is -2.27. The molecule has 1 amide bonds. The molecular formula is C24H19N3O2. The van der Waals surface area contributed by atoms with E-state index in [1.54, 1.807) is 31.2 Å². The maximum Gasteiger partial charge on any atom is 0.248 e. The molecule has 1 heterocycles. The van der Waals surface area contributed by atoms with E-state index in [1.807, 2.05) is 54.6 Å². The third-order valence-corrected chi connectivity index (χ3v) is 5.04. The van der Waals surface area contributed by atoms with Crippen LogP contribution in [0, 0.1) is 11.3 Å². The molecule has 3 aromatic rings. The zero-order chi connectivity index (χ0) is 20.4. The number of aliphatic imine (C=N–C) groups is 1. The molecule has 0 spiro atoms. The Hall–Kier alpha value is -3.91. The molecule has 4 rings (SSSR count). The van der Waals surface area contributed by atoms with Gasteiger partial charge in [-0.1, -0.05) is 36.4 Å². The Balaban J connectivity index is 1.93. The van der Waals surface area contributed by atoms with E-state index >= 15 is 0 Å². The molecule has 29 heavy (non-hydrogen) atoms. The molecule has 0 saturated carbocycles. The Kier molecular flexibility index (Phi) is 4.84. The van der Waals surface area contributed by atoms with Crippen molar-refractivity contribution >= 4 is 17.3 Å². The smallest absolute Gasteiger partial charge is 0.248 e. The third kappa shape index (κ3) is 3.37. The van der Waals surface area contributed by atoms with Crippen molar-refractivity contribution < 1.29 is 9.53 Å². The maximum absolute atomic E-state index is 12.5. The number of nitrogens with zero attached hydrogens (tertiary/aromatic N) is 3. The van der Waals surface area contributed by atoms with Crippen LogP contribution in [0.5, 0.6) is 5.75 Å². The standard InChI is InChI=1S/C24H19N3O2/c1-27-21-11-10-17(19-8-3-4-9-22(19)29-2)13-20(21)24(26-15-23(27)28)18-7-5-6-16(12-18)14-25/h3-13H,15H2,1-2H3. The molecule has 1 aliphatic heterocycles. The summed E-state index contributed by atoms with van der Waals surface area (Å²) >= 11 is 0. The van der Waals surface area contributed by atoms with Crippen LogP contribution in [0.4, 0.5) is 5.69 Å². The van der Waals surface area contributed by atoms with Gasteiger partial charge in [0.1, 0.15) is 12.3 Å². The van der Waals surface area contributed by atoms with Gasteiger partial charge in [-0.15, -0.1) is 0 Å². The molecule has 0 saturated heterocycles. The predicted octanol–water partition coefficient (Wildman–Crippen LogP) is 4.05. The average Bonchev–Trinajstić information content (AvgIpc) is 2.90. The highest BCUT2D eigenvalue weighted by Crippen LogP contribution is 2.35. The van der Waals surface area contributed by atoms with E-state index in [0.29, 0.717) is 11.3 Å². The van der Waals surface area contributed by atoms with E-state index in [4.69, 9.17) is 4.74 Å². The number of para-hydroxylation sites is 1. The van der Waals surface area contributed by atoms with Gasteiger partial charge in [0.2, 0.25) is 5.91 Å². The number of nitriles is 1. The Morgan fingerprint density at radius 2 is 1.83 bits per heavy atom. The Labute approximate surface area is 169 Å². The van der Waals surface area contributed by atoms with Crippen LogP contribution in [0.1, 0.15) is 16.7 Å². The van der Waals surface area contributed by atoms with Gasteiger partial charge in [0, 0.05) is 23.7 Å². The monoisotopic (exact) mass is 381 g/mol. The molecule has 0 radical (unpaired) electrons. The molecule has 0 aliphatic carbocycles. The van der Waals surface area contributed by atoms with Gasteiger partial charge in [0.25, 0.3) is 0 Å². The number of likely N-dealkylation sites (N-methyl/N-ethyl adjacent to an activating group) is 1. The normalized spacial score (nSPS) is 13.2. The molecule has 1 aliphatic rings. The average molecular weight is 381 g/mol. The number of fused-ring (bicyclic) bond motifs is 1. The van der Waals surface area contributed by atoms with Crippen LogP contribution < -0.4 is 9.64 Å². The molecule has 0 unspecified atom stereocenters. The molecule has 5 heteroatoms. The van der Waals surface area contributed by atoms with Crippen molar-refractivity contribution in [2.75, 3.05) is 25.6 Å². The van der Waals surface area contributed by atoms with E-state index in [1.165, 1.54) is 0 Å². The molecule has 0 bridgehead atoms. The Bertz CT molecular complexity index is 1170. The van der Waals surface area contributed by atoms with Crippen molar-refractivity contribution in [3.63, 3.8) is 0 Å². The van der Waals surface area contributed by atoms with Gasteiger partial charge >= 0.3 is 0 Å². The molecule has 0 N–H and O–H groups in total. The highest BCUT2D eigenvalue weighted by Gasteiger charge is 2.23. The van der Waals surface area contributed by atoms with Crippen molar-refractivity contribution in [1.82, 2.24) is 0 Å². The first-order valence-corrected chi connectivity index (χ1v) is 9.21. The van der Waals surface area contributed by atoms with Crippen LogP contribution in [-0.4, -0.2) is 32.3 Å². The van der Waals surface area contributed by atoms with E-state index in [2.05, 4.69) is 11.1 Å². The summed E-state index contributed by atoms with van der Waals surface area (Å²) < 4.78 is 5.52. The minimum atomic E-state index is -0.0808. The highest BCUT2D eigenvalue weighted by atomic mass is 16.5.